The summed E-state index contributed by atoms with van der Waals surface area (Å²) in [6, 6.07) is 12.8. The number of aromatic nitrogens is 1. The molecule has 1 unspecified atom stereocenters. The van der Waals surface area contributed by atoms with Crippen molar-refractivity contribution in [2.45, 2.75) is 31.1 Å². The van der Waals surface area contributed by atoms with Gasteiger partial charge in [-0.1, -0.05) is 38.1 Å². The average Bonchev–Trinajstić information content (AvgIpc) is 3.09. The predicted octanol–water partition coefficient (Wildman–Crippen LogP) is 5.26. The van der Waals surface area contributed by atoms with Crippen LogP contribution >= 0.6 is 11.3 Å². The first-order chi connectivity index (χ1) is 12.4. The lowest BCUT2D eigenvalue weighted by molar-refractivity contribution is 0.599. The Morgan fingerprint density at radius 2 is 1.77 bits per heavy atom. The lowest BCUT2D eigenvalue weighted by atomic mass is 9.97. The van der Waals surface area contributed by atoms with Crippen LogP contribution in [0, 0.1) is 5.82 Å². The number of hydrogen-bond donors (Lipinski definition) is 1. The van der Waals surface area contributed by atoms with Crippen molar-refractivity contribution in [3.63, 3.8) is 0 Å². The molecule has 3 aromatic rings. The summed E-state index contributed by atoms with van der Waals surface area (Å²) in [5, 5.41) is 2.08. The van der Waals surface area contributed by atoms with E-state index in [1.807, 2.05) is 12.1 Å². The van der Waals surface area contributed by atoms with Gasteiger partial charge in [0.15, 0.2) is 5.13 Å². The van der Waals surface area contributed by atoms with E-state index in [-0.39, 0.29) is 10.0 Å². The standard InChI is InChI=1S/C19H19FN2O2S2/c1-3-13(2)14-4-6-15(7-5-14)18-12-25-19(21-18)22-26(23,24)17-10-8-16(20)9-11-17/h4-13H,3H2,1-2H3,(H,21,22). The summed E-state index contributed by atoms with van der Waals surface area (Å²) in [7, 11) is -3.79. The van der Waals surface area contributed by atoms with E-state index in [1.165, 1.54) is 29.0 Å². The van der Waals surface area contributed by atoms with Crippen molar-refractivity contribution in [3.8, 4) is 11.3 Å². The van der Waals surface area contributed by atoms with Crippen molar-refractivity contribution in [2.75, 3.05) is 4.72 Å². The average molecular weight is 391 g/mol. The van der Waals surface area contributed by atoms with Gasteiger partial charge in [0.1, 0.15) is 5.82 Å². The maximum Gasteiger partial charge on any atom is 0.263 e. The second kappa shape index (κ2) is 7.55. The number of rotatable bonds is 6. The molecular formula is C19H19FN2O2S2. The molecule has 1 aromatic heterocycles. The first-order valence-electron chi connectivity index (χ1n) is 8.23. The van der Waals surface area contributed by atoms with Crippen LogP contribution in [0.3, 0.4) is 0 Å². The topological polar surface area (TPSA) is 59.1 Å². The molecule has 0 radical (unpaired) electrons. The van der Waals surface area contributed by atoms with Gasteiger partial charge in [0.25, 0.3) is 10.0 Å². The molecule has 0 aliphatic rings. The SMILES string of the molecule is CCC(C)c1ccc(-c2csc(NS(=O)(=O)c3ccc(F)cc3)n2)cc1. The molecule has 0 aliphatic carbocycles. The van der Waals surface area contributed by atoms with Gasteiger partial charge in [0, 0.05) is 10.9 Å². The number of benzene rings is 2. The van der Waals surface area contributed by atoms with E-state index in [0.717, 1.165) is 24.1 Å². The zero-order chi connectivity index (χ0) is 18.7. The molecule has 3 rings (SSSR count). The molecule has 4 nitrogen and oxygen atoms in total. The number of nitrogens with one attached hydrogen (secondary N) is 1. The molecular weight excluding hydrogens is 371 g/mol. The molecule has 1 N–H and O–H groups in total. The molecule has 0 saturated carbocycles. The van der Waals surface area contributed by atoms with Crippen LogP contribution in [0.15, 0.2) is 58.8 Å². The van der Waals surface area contributed by atoms with E-state index in [4.69, 9.17) is 0 Å². The van der Waals surface area contributed by atoms with Crippen molar-refractivity contribution in [1.82, 2.24) is 4.98 Å². The number of thiazole rings is 1. The lowest BCUT2D eigenvalue weighted by Gasteiger charge is -2.09. The van der Waals surface area contributed by atoms with Gasteiger partial charge >= 0.3 is 0 Å². The predicted molar refractivity (Wildman–Crippen MR) is 103 cm³/mol. The fraction of sp³-hybridized carbons (Fsp3) is 0.211. The summed E-state index contributed by atoms with van der Waals surface area (Å²) in [5.41, 5.74) is 2.91. The summed E-state index contributed by atoms with van der Waals surface area (Å²) in [6.07, 6.45) is 1.07. The Kier molecular flexibility index (Phi) is 5.38. The van der Waals surface area contributed by atoms with Crippen LogP contribution in [0.1, 0.15) is 31.7 Å². The Labute approximate surface area is 156 Å². The highest BCUT2D eigenvalue weighted by Crippen LogP contribution is 2.28. The number of anilines is 1. The van der Waals surface area contributed by atoms with Crippen molar-refractivity contribution < 1.29 is 12.8 Å². The summed E-state index contributed by atoms with van der Waals surface area (Å²) in [6.45, 7) is 4.33. The molecule has 0 spiro atoms. The monoisotopic (exact) mass is 390 g/mol. The summed E-state index contributed by atoms with van der Waals surface area (Å²) in [5.74, 6) is 0.0129. The molecule has 0 fully saturated rings. The van der Waals surface area contributed by atoms with Crippen LogP contribution in [0.5, 0.6) is 0 Å². The van der Waals surface area contributed by atoms with Crippen LogP contribution in [0.2, 0.25) is 0 Å². The molecule has 0 amide bonds. The van der Waals surface area contributed by atoms with E-state index in [1.54, 1.807) is 5.38 Å². The van der Waals surface area contributed by atoms with Gasteiger partial charge in [-0.05, 0) is 42.2 Å². The van der Waals surface area contributed by atoms with E-state index in [9.17, 15) is 12.8 Å². The fourth-order valence-electron chi connectivity index (χ4n) is 2.46. The number of sulfonamides is 1. The molecule has 136 valence electrons. The Morgan fingerprint density at radius 1 is 1.12 bits per heavy atom. The highest BCUT2D eigenvalue weighted by Gasteiger charge is 2.16. The van der Waals surface area contributed by atoms with E-state index in [2.05, 4.69) is 35.7 Å². The first kappa shape index (κ1) is 18.5. The van der Waals surface area contributed by atoms with Gasteiger partial charge in [-0.15, -0.1) is 11.3 Å². The lowest BCUT2D eigenvalue weighted by Crippen LogP contribution is -2.12. The van der Waals surface area contributed by atoms with E-state index in [0.29, 0.717) is 11.6 Å². The third-order valence-electron chi connectivity index (χ3n) is 4.24. The first-order valence-corrected chi connectivity index (χ1v) is 10.6. The molecule has 0 bridgehead atoms. The molecule has 0 saturated heterocycles. The van der Waals surface area contributed by atoms with Crippen LogP contribution in [-0.4, -0.2) is 13.4 Å². The molecule has 1 heterocycles. The highest BCUT2D eigenvalue weighted by atomic mass is 32.2. The summed E-state index contributed by atoms with van der Waals surface area (Å²) >= 11 is 1.21. The second-order valence-electron chi connectivity index (χ2n) is 6.03. The third-order valence-corrected chi connectivity index (χ3v) is 6.48. The van der Waals surface area contributed by atoms with Gasteiger partial charge in [0.2, 0.25) is 0 Å². The minimum atomic E-state index is -3.79. The quantitative estimate of drug-likeness (QED) is 0.624. The van der Waals surface area contributed by atoms with Gasteiger partial charge in [-0.2, -0.15) is 0 Å². The Morgan fingerprint density at radius 3 is 2.38 bits per heavy atom. The van der Waals surface area contributed by atoms with Crippen molar-refractivity contribution >= 4 is 26.5 Å². The van der Waals surface area contributed by atoms with E-state index >= 15 is 0 Å². The van der Waals surface area contributed by atoms with E-state index < -0.39 is 15.8 Å². The van der Waals surface area contributed by atoms with Gasteiger partial charge in [0.05, 0.1) is 10.6 Å². The number of hydrogen-bond acceptors (Lipinski definition) is 4. The molecule has 0 aliphatic heterocycles. The Balaban J connectivity index is 1.78. The van der Waals surface area contributed by atoms with Gasteiger partial charge in [-0.3, -0.25) is 4.72 Å². The zero-order valence-electron chi connectivity index (χ0n) is 14.4. The minimum absolute atomic E-state index is 0.00597. The third kappa shape index (κ3) is 4.11. The van der Waals surface area contributed by atoms with Crippen molar-refractivity contribution in [3.05, 3.63) is 65.3 Å². The largest absolute Gasteiger partial charge is 0.263 e. The van der Waals surface area contributed by atoms with Gasteiger partial charge < -0.3 is 0 Å². The normalized spacial score (nSPS) is 12.7. The smallest absolute Gasteiger partial charge is 0.255 e. The van der Waals surface area contributed by atoms with Crippen molar-refractivity contribution in [2.24, 2.45) is 0 Å². The zero-order valence-corrected chi connectivity index (χ0v) is 16.1. The van der Waals surface area contributed by atoms with Crippen LogP contribution in [0.4, 0.5) is 9.52 Å². The summed E-state index contributed by atoms with van der Waals surface area (Å²) in [4.78, 5) is 4.35. The fourth-order valence-corrected chi connectivity index (χ4v) is 4.43. The number of nitrogens with zero attached hydrogens (tertiary/aromatic N) is 1. The maximum atomic E-state index is 13.0. The van der Waals surface area contributed by atoms with Crippen LogP contribution in [-0.2, 0) is 10.0 Å². The van der Waals surface area contributed by atoms with Crippen LogP contribution < -0.4 is 4.72 Å². The molecule has 1 atom stereocenters. The van der Waals surface area contributed by atoms with Gasteiger partial charge in [-0.25, -0.2) is 17.8 Å². The van der Waals surface area contributed by atoms with Crippen molar-refractivity contribution in [1.29, 1.82) is 0 Å². The maximum absolute atomic E-state index is 13.0. The Bertz CT molecular complexity index is 981. The highest BCUT2D eigenvalue weighted by molar-refractivity contribution is 7.93. The molecule has 7 heteroatoms. The molecule has 2 aromatic carbocycles. The van der Waals surface area contributed by atoms with Crippen LogP contribution in [0.25, 0.3) is 11.3 Å². The number of halogens is 1. The molecule has 26 heavy (non-hydrogen) atoms. The Hall–Kier alpha value is -2.25. The summed E-state index contributed by atoms with van der Waals surface area (Å²) < 4.78 is 40.1. The second-order valence-corrected chi connectivity index (χ2v) is 8.57. The minimum Gasteiger partial charge on any atom is -0.255 e.